The van der Waals surface area contributed by atoms with E-state index < -0.39 is 22.0 Å². The van der Waals surface area contributed by atoms with Crippen molar-refractivity contribution < 1.29 is 17.9 Å². The van der Waals surface area contributed by atoms with Gasteiger partial charge in [-0.05, 0) is 23.6 Å². The summed E-state index contributed by atoms with van der Waals surface area (Å²) in [4.78, 5) is 12.4. The lowest BCUT2D eigenvalue weighted by atomic mass is 10.2. The average molecular weight is 325 g/mol. The van der Waals surface area contributed by atoms with Gasteiger partial charge in [0.05, 0.1) is 24.5 Å². The Morgan fingerprint density at radius 3 is 2.52 bits per heavy atom. The van der Waals surface area contributed by atoms with Crippen LogP contribution in [0, 0.1) is 0 Å². The van der Waals surface area contributed by atoms with Gasteiger partial charge >= 0.3 is 5.97 Å². The van der Waals surface area contributed by atoms with E-state index in [2.05, 4.69) is 9.46 Å². The smallest absolute Gasteiger partial charge is 0.307 e. The molecule has 0 amide bonds. The van der Waals surface area contributed by atoms with Crippen LogP contribution in [0.2, 0.25) is 0 Å². The zero-order chi connectivity index (χ0) is 15.3. The number of carbonyl (C=O) groups excluding carboxylic acids is 1. The second kappa shape index (κ2) is 6.84. The third-order valence-electron chi connectivity index (χ3n) is 2.84. The van der Waals surface area contributed by atoms with Crippen LogP contribution >= 0.6 is 11.3 Å². The van der Waals surface area contributed by atoms with Gasteiger partial charge in [0.15, 0.2) is 0 Å². The lowest BCUT2D eigenvalue weighted by molar-refractivity contribution is -0.141. The molecule has 0 bridgehead atoms. The number of esters is 1. The van der Waals surface area contributed by atoms with Crippen molar-refractivity contribution in [2.24, 2.45) is 0 Å². The monoisotopic (exact) mass is 325 g/mol. The predicted molar refractivity (Wildman–Crippen MR) is 80.5 cm³/mol. The van der Waals surface area contributed by atoms with Gasteiger partial charge in [0.1, 0.15) is 0 Å². The van der Waals surface area contributed by atoms with Crippen LogP contribution < -0.4 is 4.72 Å². The number of ether oxygens (including phenoxy) is 1. The summed E-state index contributed by atoms with van der Waals surface area (Å²) in [6.45, 7) is 0. The van der Waals surface area contributed by atoms with E-state index in [1.165, 1.54) is 30.6 Å². The molecular weight excluding hydrogens is 310 g/mol. The lowest BCUT2D eigenvalue weighted by Crippen LogP contribution is -2.30. The molecule has 21 heavy (non-hydrogen) atoms. The highest BCUT2D eigenvalue weighted by Gasteiger charge is 2.24. The molecule has 0 spiro atoms. The molecule has 0 aliphatic rings. The van der Waals surface area contributed by atoms with E-state index in [9.17, 15) is 13.2 Å². The first-order valence-corrected chi connectivity index (χ1v) is 8.57. The summed E-state index contributed by atoms with van der Waals surface area (Å²) >= 11 is 1.38. The molecule has 112 valence electrons. The fourth-order valence-corrected chi connectivity index (χ4v) is 3.88. The number of thiophene rings is 1. The molecule has 0 fully saturated rings. The van der Waals surface area contributed by atoms with Gasteiger partial charge < -0.3 is 4.74 Å². The molecular formula is C14H15NO4S2. The summed E-state index contributed by atoms with van der Waals surface area (Å²) in [6, 6.07) is 11.0. The third-order valence-corrected chi connectivity index (χ3v) is 5.31. The van der Waals surface area contributed by atoms with Gasteiger partial charge in [-0.15, -0.1) is 11.3 Å². The lowest BCUT2D eigenvalue weighted by Gasteiger charge is -2.16. The molecule has 1 N–H and O–H groups in total. The van der Waals surface area contributed by atoms with Crippen LogP contribution in [0.15, 0.2) is 52.7 Å². The minimum Gasteiger partial charge on any atom is -0.469 e. The maximum atomic E-state index is 12.3. The summed E-state index contributed by atoms with van der Waals surface area (Å²) in [6.07, 6.45) is -0.0525. The molecule has 2 rings (SSSR count). The summed E-state index contributed by atoms with van der Waals surface area (Å²) in [7, 11) is -2.41. The van der Waals surface area contributed by atoms with Crippen LogP contribution in [-0.4, -0.2) is 21.5 Å². The first-order chi connectivity index (χ1) is 10.0. The Kier molecular flexibility index (Phi) is 5.11. The molecule has 0 aliphatic heterocycles. The number of benzene rings is 1. The zero-order valence-corrected chi connectivity index (χ0v) is 13.0. The molecule has 2 aromatic rings. The van der Waals surface area contributed by atoms with Crippen LogP contribution in [0.3, 0.4) is 0 Å². The van der Waals surface area contributed by atoms with Crippen molar-refractivity contribution in [3.63, 3.8) is 0 Å². The number of nitrogens with one attached hydrogen (secondary N) is 1. The molecule has 0 aliphatic carbocycles. The van der Waals surface area contributed by atoms with E-state index in [4.69, 9.17) is 0 Å². The van der Waals surface area contributed by atoms with E-state index >= 15 is 0 Å². The fraction of sp³-hybridized carbons (Fsp3) is 0.214. The molecule has 0 saturated heterocycles. The molecule has 1 aromatic carbocycles. The maximum absolute atomic E-state index is 12.3. The normalized spacial score (nSPS) is 12.8. The summed E-state index contributed by atoms with van der Waals surface area (Å²) in [5, 5.41) is 1.83. The van der Waals surface area contributed by atoms with Crippen LogP contribution in [0.5, 0.6) is 0 Å². The summed E-state index contributed by atoms with van der Waals surface area (Å²) < 4.78 is 31.9. The Morgan fingerprint density at radius 1 is 1.24 bits per heavy atom. The Balaban J connectivity index is 2.25. The Labute approximate surface area is 127 Å². The minimum atomic E-state index is -3.69. The quantitative estimate of drug-likeness (QED) is 0.827. The van der Waals surface area contributed by atoms with Crippen molar-refractivity contribution in [3.05, 3.63) is 52.7 Å². The molecule has 5 nitrogen and oxygen atoms in total. The summed E-state index contributed by atoms with van der Waals surface area (Å²) in [5.74, 6) is -0.468. The van der Waals surface area contributed by atoms with Crippen LogP contribution in [0.4, 0.5) is 0 Å². The van der Waals surface area contributed by atoms with Gasteiger partial charge in [0.2, 0.25) is 10.0 Å². The van der Waals surface area contributed by atoms with Gasteiger partial charge in [-0.2, -0.15) is 0 Å². The van der Waals surface area contributed by atoms with Crippen molar-refractivity contribution in [1.29, 1.82) is 0 Å². The van der Waals surface area contributed by atoms with Crippen LogP contribution in [-0.2, 0) is 19.6 Å². The van der Waals surface area contributed by atoms with E-state index in [0.717, 1.165) is 4.88 Å². The Hall–Kier alpha value is -1.70. The van der Waals surface area contributed by atoms with Crippen LogP contribution in [0.25, 0.3) is 0 Å². The highest BCUT2D eigenvalue weighted by molar-refractivity contribution is 7.89. The molecule has 1 aromatic heterocycles. The number of rotatable bonds is 6. The zero-order valence-electron chi connectivity index (χ0n) is 11.4. The Bertz CT molecular complexity index is 681. The van der Waals surface area contributed by atoms with Crippen molar-refractivity contribution in [3.8, 4) is 0 Å². The Morgan fingerprint density at radius 2 is 1.95 bits per heavy atom. The minimum absolute atomic E-state index is 0.0525. The molecule has 1 unspecified atom stereocenters. The third kappa shape index (κ3) is 4.13. The highest BCUT2D eigenvalue weighted by atomic mass is 32.2. The number of sulfonamides is 1. The first-order valence-electron chi connectivity index (χ1n) is 6.20. The number of methoxy groups -OCH3 is 1. The number of hydrogen-bond donors (Lipinski definition) is 1. The largest absolute Gasteiger partial charge is 0.469 e. The summed E-state index contributed by atoms with van der Waals surface area (Å²) in [5.41, 5.74) is 0. The predicted octanol–water partition coefficient (Wildman–Crippen LogP) is 2.33. The number of hydrogen-bond acceptors (Lipinski definition) is 5. The highest BCUT2D eigenvalue weighted by Crippen LogP contribution is 2.24. The van der Waals surface area contributed by atoms with Crippen LogP contribution in [0.1, 0.15) is 17.3 Å². The fourth-order valence-electron chi connectivity index (χ4n) is 1.79. The molecule has 1 heterocycles. The van der Waals surface area contributed by atoms with Crippen molar-refractivity contribution in [2.45, 2.75) is 17.4 Å². The maximum Gasteiger partial charge on any atom is 0.307 e. The van der Waals surface area contributed by atoms with Gasteiger partial charge in [-0.25, -0.2) is 13.1 Å². The van der Waals surface area contributed by atoms with E-state index in [1.807, 2.05) is 5.38 Å². The second-order valence-electron chi connectivity index (χ2n) is 4.28. The van der Waals surface area contributed by atoms with Crippen molar-refractivity contribution >= 4 is 27.3 Å². The van der Waals surface area contributed by atoms with Gasteiger partial charge in [0.25, 0.3) is 0 Å². The molecule has 0 radical (unpaired) electrons. The topological polar surface area (TPSA) is 72.5 Å². The SMILES string of the molecule is COC(=O)CC(NS(=O)(=O)c1ccccc1)c1cccs1. The average Bonchev–Trinajstić information content (AvgIpc) is 3.01. The van der Waals surface area contributed by atoms with E-state index in [0.29, 0.717) is 0 Å². The van der Waals surface area contributed by atoms with Crippen molar-refractivity contribution in [1.82, 2.24) is 4.72 Å². The first kappa shape index (κ1) is 15.7. The molecule has 7 heteroatoms. The number of carbonyl (C=O) groups is 1. The molecule has 1 atom stereocenters. The van der Waals surface area contributed by atoms with E-state index in [-0.39, 0.29) is 11.3 Å². The second-order valence-corrected chi connectivity index (χ2v) is 6.98. The standard InChI is InChI=1S/C14H15NO4S2/c1-19-14(16)10-12(13-8-5-9-20-13)15-21(17,18)11-6-3-2-4-7-11/h2-9,12,15H,10H2,1H3. The van der Waals surface area contributed by atoms with Crippen molar-refractivity contribution in [2.75, 3.05) is 7.11 Å². The van der Waals surface area contributed by atoms with Gasteiger partial charge in [-0.1, -0.05) is 24.3 Å². The van der Waals surface area contributed by atoms with Gasteiger partial charge in [0, 0.05) is 4.88 Å². The van der Waals surface area contributed by atoms with Gasteiger partial charge in [-0.3, -0.25) is 4.79 Å². The molecule has 0 saturated carbocycles. The van der Waals surface area contributed by atoms with E-state index in [1.54, 1.807) is 30.3 Å².